The summed E-state index contributed by atoms with van der Waals surface area (Å²) < 4.78 is 0. The summed E-state index contributed by atoms with van der Waals surface area (Å²) in [4.78, 5) is 11.9. The van der Waals surface area contributed by atoms with Crippen LogP contribution in [-0.2, 0) is 11.2 Å². The summed E-state index contributed by atoms with van der Waals surface area (Å²) in [6.07, 6.45) is 7.03. The number of hydrogen-bond donors (Lipinski definition) is 1. The lowest BCUT2D eigenvalue weighted by atomic mass is 10.0. The lowest BCUT2D eigenvalue weighted by molar-refractivity contribution is -0.115. The van der Waals surface area contributed by atoms with Gasteiger partial charge >= 0.3 is 0 Å². The maximum absolute atomic E-state index is 11.9. The number of aryl methyl sites for hydroxylation is 1. The third kappa shape index (κ3) is 6.96. The van der Waals surface area contributed by atoms with Crippen LogP contribution in [0.5, 0.6) is 0 Å². The van der Waals surface area contributed by atoms with E-state index in [9.17, 15) is 4.79 Å². The molecule has 0 heterocycles. The van der Waals surface area contributed by atoms with Gasteiger partial charge in [0.1, 0.15) is 0 Å². The molecule has 0 saturated heterocycles. The lowest BCUT2D eigenvalue weighted by Crippen LogP contribution is -2.09. The van der Waals surface area contributed by atoms with Crippen molar-refractivity contribution >= 4 is 11.6 Å². The summed E-state index contributed by atoms with van der Waals surface area (Å²) in [6, 6.07) is 20.2. The van der Waals surface area contributed by atoms with E-state index in [0.717, 1.165) is 24.9 Å². The third-order valence-electron chi connectivity index (χ3n) is 3.82. The van der Waals surface area contributed by atoms with Crippen LogP contribution in [0.1, 0.15) is 38.2 Å². The summed E-state index contributed by atoms with van der Waals surface area (Å²) in [5.41, 5.74) is 3.55. The van der Waals surface area contributed by atoms with Crippen LogP contribution in [0.4, 0.5) is 5.69 Å². The van der Waals surface area contributed by atoms with E-state index in [1.54, 1.807) is 0 Å². The van der Waals surface area contributed by atoms with Gasteiger partial charge in [0.15, 0.2) is 0 Å². The van der Waals surface area contributed by atoms with Crippen LogP contribution in [0.3, 0.4) is 0 Å². The van der Waals surface area contributed by atoms with Crippen molar-refractivity contribution in [3.05, 3.63) is 77.9 Å². The van der Waals surface area contributed by atoms with Gasteiger partial charge in [-0.15, -0.1) is 0 Å². The molecule has 0 spiro atoms. The average molecular weight is 307 g/mol. The van der Waals surface area contributed by atoms with Crippen LogP contribution in [0, 0.1) is 0 Å². The van der Waals surface area contributed by atoms with E-state index in [-0.39, 0.29) is 5.91 Å². The second-order valence-corrected chi connectivity index (χ2v) is 5.86. The number of rotatable bonds is 8. The Hall–Kier alpha value is -2.35. The standard InChI is InChI=1S/C21H25NO/c1-18(10-8-9-13-19-11-4-2-5-12-19)16-17-21(23)22-20-14-6-3-7-15-20/h2-7,11-12,14-16H,8-10,13,17H2,1H3,(H,22,23)/b18-16+. The first-order valence-corrected chi connectivity index (χ1v) is 8.28. The Bertz CT molecular complexity index is 617. The summed E-state index contributed by atoms with van der Waals surface area (Å²) in [6.45, 7) is 2.11. The van der Waals surface area contributed by atoms with Gasteiger partial charge in [-0.05, 0) is 50.3 Å². The quantitative estimate of drug-likeness (QED) is 0.515. The minimum absolute atomic E-state index is 0.0415. The number of carbonyl (C=O) groups is 1. The molecule has 0 bridgehead atoms. The number of carbonyl (C=O) groups excluding carboxylic acids is 1. The minimum Gasteiger partial charge on any atom is -0.326 e. The highest BCUT2D eigenvalue weighted by molar-refractivity contribution is 5.91. The zero-order chi connectivity index (χ0) is 16.3. The molecule has 0 aromatic heterocycles. The van der Waals surface area contributed by atoms with Crippen LogP contribution in [0.2, 0.25) is 0 Å². The van der Waals surface area contributed by atoms with E-state index >= 15 is 0 Å². The average Bonchev–Trinajstić information content (AvgIpc) is 2.59. The molecule has 120 valence electrons. The largest absolute Gasteiger partial charge is 0.326 e. The molecule has 0 unspecified atom stereocenters. The van der Waals surface area contributed by atoms with E-state index in [1.807, 2.05) is 36.4 Å². The second-order valence-electron chi connectivity index (χ2n) is 5.86. The van der Waals surface area contributed by atoms with E-state index in [0.29, 0.717) is 6.42 Å². The molecule has 0 atom stereocenters. The summed E-state index contributed by atoms with van der Waals surface area (Å²) in [5.74, 6) is 0.0415. The molecule has 2 heteroatoms. The number of allylic oxidation sites excluding steroid dienone is 1. The fourth-order valence-electron chi connectivity index (χ4n) is 2.48. The van der Waals surface area contributed by atoms with Crippen LogP contribution in [0.25, 0.3) is 0 Å². The molecule has 0 aliphatic heterocycles. The maximum Gasteiger partial charge on any atom is 0.228 e. The van der Waals surface area contributed by atoms with Crippen molar-refractivity contribution in [3.8, 4) is 0 Å². The number of nitrogens with one attached hydrogen (secondary N) is 1. The second kappa shape index (κ2) is 9.62. The Morgan fingerprint density at radius 1 is 0.957 bits per heavy atom. The van der Waals surface area contributed by atoms with Gasteiger partial charge in [-0.25, -0.2) is 0 Å². The number of amides is 1. The van der Waals surface area contributed by atoms with E-state index in [2.05, 4.69) is 42.6 Å². The van der Waals surface area contributed by atoms with Gasteiger partial charge in [-0.2, -0.15) is 0 Å². The molecular weight excluding hydrogens is 282 g/mol. The number of hydrogen-bond acceptors (Lipinski definition) is 1. The molecular formula is C21H25NO. The first-order chi connectivity index (χ1) is 11.2. The zero-order valence-corrected chi connectivity index (χ0v) is 13.8. The third-order valence-corrected chi connectivity index (χ3v) is 3.82. The van der Waals surface area contributed by atoms with Crippen LogP contribution < -0.4 is 5.32 Å². The molecule has 1 amide bonds. The van der Waals surface area contributed by atoms with E-state index < -0.39 is 0 Å². The predicted molar refractivity (Wildman–Crippen MR) is 97.4 cm³/mol. The molecule has 0 saturated carbocycles. The van der Waals surface area contributed by atoms with Crippen molar-refractivity contribution in [2.75, 3.05) is 5.32 Å². The number of unbranched alkanes of at least 4 members (excludes halogenated alkanes) is 1. The Balaban J connectivity index is 1.64. The van der Waals surface area contributed by atoms with Gasteiger partial charge in [0.25, 0.3) is 0 Å². The molecule has 2 aromatic rings. The SMILES string of the molecule is C/C(=C\CC(=O)Nc1ccccc1)CCCCc1ccccc1. The smallest absolute Gasteiger partial charge is 0.228 e. The summed E-state index contributed by atoms with van der Waals surface area (Å²) in [5, 5.41) is 2.90. The molecule has 2 rings (SSSR count). The van der Waals surface area contributed by atoms with Crippen molar-refractivity contribution in [1.82, 2.24) is 0 Å². The van der Waals surface area contributed by atoms with Crippen molar-refractivity contribution in [3.63, 3.8) is 0 Å². The molecule has 2 nitrogen and oxygen atoms in total. The zero-order valence-electron chi connectivity index (χ0n) is 13.8. The first kappa shape index (κ1) is 17.0. The van der Waals surface area contributed by atoms with Gasteiger partial charge in [-0.3, -0.25) is 4.79 Å². The first-order valence-electron chi connectivity index (χ1n) is 8.28. The van der Waals surface area contributed by atoms with Gasteiger partial charge < -0.3 is 5.32 Å². The Labute approximate surface area is 139 Å². The number of anilines is 1. The highest BCUT2D eigenvalue weighted by Gasteiger charge is 2.00. The summed E-state index contributed by atoms with van der Waals surface area (Å²) in [7, 11) is 0. The molecule has 1 N–H and O–H groups in total. The van der Waals surface area contributed by atoms with E-state index in [1.165, 1.54) is 17.6 Å². The highest BCUT2D eigenvalue weighted by atomic mass is 16.1. The normalized spacial score (nSPS) is 11.3. The Kier molecular flexibility index (Phi) is 7.12. The van der Waals surface area contributed by atoms with Crippen molar-refractivity contribution in [2.45, 2.75) is 39.0 Å². The number of benzene rings is 2. The van der Waals surface area contributed by atoms with Crippen LogP contribution in [0.15, 0.2) is 72.3 Å². The molecule has 0 aliphatic carbocycles. The molecule has 0 fully saturated rings. The lowest BCUT2D eigenvalue weighted by Gasteiger charge is -2.05. The van der Waals surface area contributed by atoms with Crippen LogP contribution in [-0.4, -0.2) is 5.91 Å². The fraction of sp³-hybridized carbons (Fsp3) is 0.286. The van der Waals surface area contributed by atoms with Gasteiger partial charge in [0, 0.05) is 12.1 Å². The molecule has 0 aliphatic rings. The Morgan fingerprint density at radius 2 is 1.61 bits per heavy atom. The predicted octanol–water partition coefficient (Wildman–Crippen LogP) is 5.37. The van der Waals surface area contributed by atoms with Crippen molar-refractivity contribution < 1.29 is 4.79 Å². The fourth-order valence-corrected chi connectivity index (χ4v) is 2.48. The molecule has 23 heavy (non-hydrogen) atoms. The highest BCUT2D eigenvalue weighted by Crippen LogP contribution is 2.12. The molecule has 2 aromatic carbocycles. The monoisotopic (exact) mass is 307 g/mol. The minimum atomic E-state index is 0.0415. The van der Waals surface area contributed by atoms with Crippen LogP contribution >= 0.6 is 0 Å². The molecule has 0 radical (unpaired) electrons. The summed E-state index contributed by atoms with van der Waals surface area (Å²) >= 11 is 0. The number of para-hydroxylation sites is 1. The van der Waals surface area contributed by atoms with E-state index in [4.69, 9.17) is 0 Å². The topological polar surface area (TPSA) is 29.1 Å². The van der Waals surface area contributed by atoms with Gasteiger partial charge in [0.05, 0.1) is 0 Å². The van der Waals surface area contributed by atoms with Crippen molar-refractivity contribution in [2.24, 2.45) is 0 Å². The van der Waals surface area contributed by atoms with Crippen molar-refractivity contribution in [1.29, 1.82) is 0 Å². The maximum atomic E-state index is 11.9. The Morgan fingerprint density at radius 3 is 2.30 bits per heavy atom. The van der Waals surface area contributed by atoms with Gasteiger partial charge in [0.2, 0.25) is 5.91 Å². The van der Waals surface area contributed by atoms with Gasteiger partial charge in [-0.1, -0.05) is 60.2 Å².